The molecule has 1 unspecified atom stereocenters. The number of methoxy groups -OCH3 is 2. The van der Waals surface area contributed by atoms with Crippen molar-refractivity contribution in [1.29, 1.82) is 0 Å². The number of benzene rings is 1. The zero-order chi connectivity index (χ0) is 18.1. The van der Waals surface area contributed by atoms with Crippen molar-refractivity contribution in [2.24, 2.45) is 5.92 Å². The Labute approximate surface area is 147 Å². The quantitative estimate of drug-likeness (QED) is 0.689. The van der Waals surface area contributed by atoms with Crippen molar-refractivity contribution >= 4 is 5.91 Å². The lowest BCUT2D eigenvalue weighted by atomic mass is 10.0. The molecule has 0 aliphatic carbocycles. The molecule has 0 aliphatic rings. The molecule has 0 aliphatic heterocycles. The zero-order valence-corrected chi connectivity index (χ0v) is 14.7. The first-order valence-electron chi connectivity index (χ1n) is 8.27. The maximum Gasteiger partial charge on any atom is 0.220 e. The van der Waals surface area contributed by atoms with Gasteiger partial charge in [0.25, 0.3) is 0 Å². The van der Waals surface area contributed by atoms with Crippen LogP contribution in [0.5, 0.6) is 11.5 Å². The topological polar surface area (TPSA) is 80.9 Å². The van der Waals surface area contributed by atoms with Gasteiger partial charge in [0.05, 0.1) is 20.5 Å². The van der Waals surface area contributed by atoms with Gasteiger partial charge >= 0.3 is 0 Å². The molecule has 0 saturated carbocycles. The Balaban J connectivity index is 1.82. The third-order valence-electron chi connectivity index (χ3n) is 4.02. The van der Waals surface area contributed by atoms with Gasteiger partial charge in [-0.3, -0.25) is 4.79 Å². The lowest BCUT2D eigenvalue weighted by Crippen LogP contribution is -2.31. The molecule has 0 fully saturated rings. The Morgan fingerprint density at radius 1 is 1.24 bits per heavy atom. The van der Waals surface area contributed by atoms with Crippen LogP contribution < -0.4 is 14.8 Å². The van der Waals surface area contributed by atoms with Crippen molar-refractivity contribution in [3.05, 3.63) is 47.9 Å². The third-order valence-corrected chi connectivity index (χ3v) is 4.02. The lowest BCUT2D eigenvalue weighted by molar-refractivity contribution is -0.121. The highest BCUT2D eigenvalue weighted by molar-refractivity contribution is 5.76. The van der Waals surface area contributed by atoms with E-state index in [1.165, 1.54) is 0 Å². The molecule has 0 saturated heterocycles. The molecule has 6 nitrogen and oxygen atoms in total. The Morgan fingerprint density at radius 3 is 2.72 bits per heavy atom. The largest absolute Gasteiger partial charge is 0.493 e. The Bertz CT molecular complexity index is 654. The summed E-state index contributed by atoms with van der Waals surface area (Å²) in [7, 11) is 3.17. The van der Waals surface area contributed by atoms with Crippen LogP contribution in [0.15, 0.2) is 41.0 Å². The summed E-state index contributed by atoms with van der Waals surface area (Å²) in [6.45, 7) is 0.399. The fourth-order valence-electron chi connectivity index (χ4n) is 2.66. The first kappa shape index (κ1) is 18.9. The summed E-state index contributed by atoms with van der Waals surface area (Å²) >= 11 is 0. The summed E-state index contributed by atoms with van der Waals surface area (Å²) in [5.41, 5.74) is 0.922. The summed E-state index contributed by atoms with van der Waals surface area (Å²) in [5.74, 6) is 1.97. The highest BCUT2D eigenvalue weighted by Crippen LogP contribution is 2.31. The number of carbonyl (C=O) groups excluding carboxylic acids is 1. The molecular weight excluding hydrogens is 322 g/mol. The fourth-order valence-corrected chi connectivity index (χ4v) is 2.66. The van der Waals surface area contributed by atoms with Gasteiger partial charge in [-0.25, -0.2) is 0 Å². The number of furan rings is 1. The summed E-state index contributed by atoms with van der Waals surface area (Å²) in [4.78, 5) is 12.1. The summed E-state index contributed by atoms with van der Waals surface area (Å²) in [6.07, 6.45) is 3.08. The number of hydrogen-bond donors (Lipinski definition) is 2. The third kappa shape index (κ3) is 5.53. The Hall–Kier alpha value is -2.47. The zero-order valence-electron chi connectivity index (χ0n) is 14.7. The van der Waals surface area contributed by atoms with Crippen LogP contribution in [-0.2, 0) is 17.6 Å². The van der Waals surface area contributed by atoms with Crippen LogP contribution in [-0.4, -0.2) is 38.4 Å². The monoisotopic (exact) mass is 347 g/mol. The number of para-hydroxylation sites is 1. The number of aryl methyl sites for hydroxylation is 1. The van der Waals surface area contributed by atoms with E-state index in [0.29, 0.717) is 37.3 Å². The van der Waals surface area contributed by atoms with E-state index in [1.807, 2.05) is 30.3 Å². The highest BCUT2D eigenvalue weighted by Gasteiger charge is 2.14. The molecule has 2 aromatic rings. The molecular formula is C19H25NO5. The first-order chi connectivity index (χ1) is 12.2. The average molecular weight is 347 g/mol. The maximum atomic E-state index is 12.1. The van der Waals surface area contributed by atoms with E-state index in [-0.39, 0.29) is 18.4 Å². The minimum absolute atomic E-state index is 0.00924. The summed E-state index contributed by atoms with van der Waals surface area (Å²) in [6, 6.07) is 9.29. The minimum atomic E-state index is -0.0681. The van der Waals surface area contributed by atoms with Gasteiger partial charge in [0.1, 0.15) is 5.76 Å². The van der Waals surface area contributed by atoms with Crippen molar-refractivity contribution in [3.8, 4) is 11.5 Å². The molecule has 0 bridgehead atoms. The van der Waals surface area contributed by atoms with E-state index in [2.05, 4.69) is 5.32 Å². The second-order valence-corrected chi connectivity index (χ2v) is 5.79. The van der Waals surface area contributed by atoms with Crippen LogP contribution in [0.4, 0.5) is 0 Å². The van der Waals surface area contributed by atoms with Crippen LogP contribution in [0.25, 0.3) is 0 Å². The Kier molecular flexibility index (Phi) is 7.35. The van der Waals surface area contributed by atoms with Crippen LogP contribution in [0.3, 0.4) is 0 Å². The number of ether oxygens (including phenoxy) is 2. The molecule has 1 aromatic heterocycles. The molecule has 0 spiro atoms. The van der Waals surface area contributed by atoms with Gasteiger partial charge in [-0.05, 0) is 30.2 Å². The molecule has 0 radical (unpaired) electrons. The molecule has 2 N–H and O–H groups in total. The van der Waals surface area contributed by atoms with Crippen LogP contribution in [0, 0.1) is 5.92 Å². The fraction of sp³-hybridized carbons (Fsp3) is 0.421. The highest BCUT2D eigenvalue weighted by atomic mass is 16.5. The van der Waals surface area contributed by atoms with Crippen molar-refractivity contribution < 1.29 is 23.8 Å². The predicted molar refractivity (Wildman–Crippen MR) is 93.9 cm³/mol. The summed E-state index contributed by atoms with van der Waals surface area (Å²) < 4.78 is 15.9. The second kappa shape index (κ2) is 9.74. The number of aliphatic hydroxyl groups excluding tert-OH is 1. The molecule has 1 atom stereocenters. The normalized spacial score (nSPS) is 11.8. The number of aliphatic hydroxyl groups is 1. The van der Waals surface area contributed by atoms with Crippen molar-refractivity contribution in [2.45, 2.75) is 19.3 Å². The standard InChI is InChI=1S/C19H25NO5/c1-23-17-7-3-5-15(19(17)24-2)8-9-18(22)20-12-14(13-21)11-16-6-4-10-25-16/h3-7,10,14,21H,8-9,11-13H2,1-2H3,(H,20,22). The molecule has 136 valence electrons. The number of nitrogens with one attached hydrogen (secondary N) is 1. The van der Waals surface area contributed by atoms with Gasteiger partial charge in [-0.2, -0.15) is 0 Å². The number of rotatable bonds is 10. The van der Waals surface area contributed by atoms with E-state index in [1.54, 1.807) is 20.5 Å². The van der Waals surface area contributed by atoms with E-state index in [0.717, 1.165) is 11.3 Å². The molecule has 1 amide bonds. The number of carbonyl (C=O) groups is 1. The number of amides is 1. The number of hydrogen-bond acceptors (Lipinski definition) is 5. The van der Waals surface area contributed by atoms with E-state index in [4.69, 9.17) is 13.9 Å². The van der Waals surface area contributed by atoms with Crippen LogP contribution in [0.1, 0.15) is 17.7 Å². The average Bonchev–Trinajstić information content (AvgIpc) is 3.15. The lowest BCUT2D eigenvalue weighted by Gasteiger charge is -2.15. The Morgan fingerprint density at radius 2 is 2.08 bits per heavy atom. The van der Waals surface area contributed by atoms with Crippen molar-refractivity contribution in [3.63, 3.8) is 0 Å². The van der Waals surface area contributed by atoms with Crippen molar-refractivity contribution in [1.82, 2.24) is 5.32 Å². The molecule has 6 heteroatoms. The van der Waals surface area contributed by atoms with Gasteiger partial charge < -0.3 is 24.3 Å². The van der Waals surface area contributed by atoms with Gasteiger partial charge in [0, 0.05) is 31.9 Å². The summed E-state index contributed by atoms with van der Waals surface area (Å²) in [5, 5.41) is 12.3. The van der Waals surface area contributed by atoms with Gasteiger partial charge in [-0.1, -0.05) is 12.1 Å². The van der Waals surface area contributed by atoms with Crippen LogP contribution in [0.2, 0.25) is 0 Å². The van der Waals surface area contributed by atoms with Crippen LogP contribution >= 0.6 is 0 Å². The van der Waals surface area contributed by atoms with E-state index < -0.39 is 0 Å². The van der Waals surface area contributed by atoms with Crippen molar-refractivity contribution in [2.75, 3.05) is 27.4 Å². The van der Waals surface area contributed by atoms with Gasteiger partial charge in [-0.15, -0.1) is 0 Å². The second-order valence-electron chi connectivity index (χ2n) is 5.79. The molecule has 1 heterocycles. The predicted octanol–water partition coefficient (Wildman–Crippen LogP) is 2.20. The molecule has 2 rings (SSSR count). The van der Waals surface area contributed by atoms with E-state index >= 15 is 0 Å². The van der Waals surface area contributed by atoms with Gasteiger partial charge in [0.15, 0.2) is 11.5 Å². The molecule has 1 aromatic carbocycles. The van der Waals surface area contributed by atoms with E-state index in [9.17, 15) is 9.90 Å². The van der Waals surface area contributed by atoms with Gasteiger partial charge in [0.2, 0.25) is 5.91 Å². The molecule has 25 heavy (non-hydrogen) atoms. The minimum Gasteiger partial charge on any atom is -0.493 e. The SMILES string of the molecule is COc1cccc(CCC(=O)NCC(CO)Cc2ccco2)c1OC. The smallest absolute Gasteiger partial charge is 0.220 e. The maximum absolute atomic E-state index is 12.1. The first-order valence-corrected chi connectivity index (χ1v) is 8.27.